The quantitative estimate of drug-likeness (QED) is 0.762. The highest BCUT2D eigenvalue weighted by molar-refractivity contribution is 6.04. The van der Waals surface area contributed by atoms with Crippen molar-refractivity contribution >= 4 is 11.6 Å². The van der Waals surface area contributed by atoms with Crippen LogP contribution in [0.25, 0.3) is 11.1 Å². The number of anilines is 1. The van der Waals surface area contributed by atoms with Crippen LogP contribution in [-0.4, -0.2) is 42.2 Å². The number of nitriles is 1. The van der Waals surface area contributed by atoms with E-state index >= 15 is 0 Å². The van der Waals surface area contributed by atoms with E-state index in [9.17, 15) is 23.2 Å². The van der Waals surface area contributed by atoms with Crippen molar-refractivity contribution in [3.8, 4) is 17.2 Å². The summed E-state index contributed by atoms with van der Waals surface area (Å²) in [6, 6.07) is 3.88. The van der Waals surface area contributed by atoms with Crippen molar-refractivity contribution in [1.29, 1.82) is 5.26 Å². The first-order valence-corrected chi connectivity index (χ1v) is 10.1. The van der Waals surface area contributed by atoms with E-state index in [1.165, 1.54) is 6.20 Å². The van der Waals surface area contributed by atoms with Crippen molar-refractivity contribution in [2.24, 2.45) is 11.7 Å². The van der Waals surface area contributed by atoms with Crippen molar-refractivity contribution in [1.82, 2.24) is 10.3 Å². The Labute approximate surface area is 177 Å². The Hall–Kier alpha value is -3.12. The number of benzene rings is 1. The fourth-order valence-corrected chi connectivity index (χ4v) is 4.02. The van der Waals surface area contributed by atoms with Crippen LogP contribution in [0.3, 0.4) is 0 Å². The zero-order chi connectivity index (χ0) is 22.3. The van der Waals surface area contributed by atoms with Crippen molar-refractivity contribution < 1.29 is 18.0 Å². The van der Waals surface area contributed by atoms with Crippen LogP contribution in [0.2, 0.25) is 0 Å². The predicted octanol–water partition coefficient (Wildman–Crippen LogP) is 2.91. The van der Waals surface area contributed by atoms with Gasteiger partial charge in [-0.15, -0.1) is 0 Å². The first-order valence-electron chi connectivity index (χ1n) is 10.1. The number of pyridine rings is 1. The number of hydrogen-bond donors (Lipinski definition) is 2. The van der Waals surface area contributed by atoms with Gasteiger partial charge in [-0.1, -0.05) is 0 Å². The Morgan fingerprint density at radius 1 is 1.29 bits per heavy atom. The highest BCUT2D eigenvalue weighted by atomic mass is 19.1. The van der Waals surface area contributed by atoms with E-state index in [1.54, 1.807) is 4.90 Å². The first-order chi connectivity index (χ1) is 14.8. The number of carbonyl (C=O) groups excluding carboxylic acids is 1. The highest BCUT2D eigenvalue weighted by Gasteiger charge is 2.36. The molecule has 1 aliphatic carbocycles. The van der Waals surface area contributed by atoms with Crippen LogP contribution in [-0.2, 0) is 0 Å². The van der Waals surface area contributed by atoms with Gasteiger partial charge in [-0.25, -0.2) is 18.2 Å². The molecule has 162 valence electrons. The van der Waals surface area contributed by atoms with E-state index < -0.39 is 29.8 Å². The Morgan fingerprint density at radius 3 is 2.52 bits per heavy atom. The molecule has 1 aromatic heterocycles. The number of aromatic nitrogens is 1. The van der Waals surface area contributed by atoms with Gasteiger partial charge in [-0.05, 0) is 43.4 Å². The standard InChI is InChI=1S/C22H22F3N5O/c1-11(12-2-3-12)29-22(31)16-8-28-19(7-26)20(13-4-14(23)6-15(24)5-13)21(16)30-9-17(25)18(27)10-30/h4-6,8,11-12,17-18H,2-3,9-10,27H2,1H3,(H,29,31)/t11?,17-,18-/m1/s1. The molecule has 31 heavy (non-hydrogen) atoms. The molecule has 1 aliphatic heterocycles. The molecule has 1 saturated heterocycles. The van der Waals surface area contributed by atoms with E-state index in [1.807, 2.05) is 13.0 Å². The molecule has 0 radical (unpaired) electrons. The van der Waals surface area contributed by atoms with Crippen LogP contribution in [0.4, 0.5) is 18.9 Å². The Morgan fingerprint density at radius 2 is 1.97 bits per heavy atom. The average molecular weight is 429 g/mol. The minimum atomic E-state index is -1.35. The lowest BCUT2D eigenvalue weighted by Gasteiger charge is -2.26. The summed E-state index contributed by atoms with van der Waals surface area (Å²) in [5.74, 6) is -1.74. The second-order valence-corrected chi connectivity index (χ2v) is 8.20. The fraction of sp³-hybridized carbons (Fsp3) is 0.409. The van der Waals surface area contributed by atoms with E-state index in [0.717, 1.165) is 25.0 Å². The number of hydrogen-bond acceptors (Lipinski definition) is 5. The Balaban J connectivity index is 1.89. The fourth-order valence-electron chi connectivity index (χ4n) is 4.02. The van der Waals surface area contributed by atoms with Gasteiger partial charge in [0.2, 0.25) is 0 Å². The minimum Gasteiger partial charge on any atom is -0.366 e. The highest BCUT2D eigenvalue weighted by Crippen LogP contribution is 2.39. The largest absolute Gasteiger partial charge is 0.366 e. The van der Waals surface area contributed by atoms with Gasteiger partial charge in [0.25, 0.3) is 5.91 Å². The third-order valence-electron chi connectivity index (χ3n) is 5.85. The summed E-state index contributed by atoms with van der Waals surface area (Å²) in [5, 5.41) is 12.5. The topological polar surface area (TPSA) is 95.0 Å². The zero-order valence-corrected chi connectivity index (χ0v) is 16.9. The summed E-state index contributed by atoms with van der Waals surface area (Å²) in [6.07, 6.45) is 1.95. The van der Waals surface area contributed by atoms with Crippen LogP contribution in [0.15, 0.2) is 24.4 Å². The maximum Gasteiger partial charge on any atom is 0.255 e. The summed E-state index contributed by atoms with van der Waals surface area (Å²) in [6.45, 7) is 1.87. The first kappa shape index (κ1) is 21.1. The van der Waals surface area contributed by atoms with Crippen molar-refractivity contribution in [3.05, 3.63) is 47.3 Å². The number of nitrogens with zero attached hydrogens (tertiary/aromatic N) is 3. The van der Waals surface area contributed by atoms with Crippen molar-refractivity contribution in [2.75, 3.05) is 18.0 Å². The van der Waals surface area contributed by atoms with Gasteiger partial charge in [-0.2, -0.15) is 5.26 Å². The van der Waals surface area contributed by atoms with E-state index in [4.69, 9.17) is 5.73 Å². The third-order valence-corrected chi connectivity index (χ3v) is 5.85. The van der Waals surface area contributed by atoms with E-state index in [-0.39, 0.29) is 47.2 Å². The molecule has 2 heterocycles. The lowest BCUT2D eigenvalue weighted by molar-refractivity contribution is 0.0936. The van der Waals surface area contributed by atoms with Gasteiger partial charge in [0, 0.05) is 30.4 Å². The number of carbonyl (C=O) groups is 1. The van der Waals surface area contributed by atoms with Crippen LogP contribution in [0, 0.1) is 28.9 Å². The molecule has 9 heteroatoms. The second kappa shape index (κ2) is 8.19. The molecule has 2 aromatic rings. The Kier molecular flexibility index (Phi) is 5.58. The molecule has 6 nitrogen and oxygen atoms in total. The van der Waals surface area contributed by atoms with Crippen LogP contribution in [0.1, 0.15) is 35.8 Å². The SMILES string of the molecule is CC(NC(=O)c1cnc(C#N)c(-c2cc(F)cc(F)c2)c1N1C[C@@H](N)[C@H](F)C1)C1CC1. The third kappa shape index (κ3) is 4.21. The predicted molar refractivity (Wildman–Crippen MR) is 109 cm³/mol. The molecule has 0 spiro atoms. The molecule has 2 aliphatic rings. The summed E-state index contributed by atoms with van der Waals surface area (Å²) in [7, 11) is 0. The summed E-state index contributed by atoms with van der Waals surface area (Å²) in [5.41, 5.74) is 6.15. The van der Waals surface area contributed by atoms with Gasteiger partial charge in [0.1, 0.15) is 29.6 Å². The van der Waals surface area contributed by atoms with Gasteiger partial charge in [0.15, 0.2) is 0 Å². The van der Waals surface area contributed by atoms with Crippen molar-refractivity contribution in [2.45, 2.75) is 38.0 Å². The molecular weight excluding hydrogens is 407 g/mol. The molecule has 3 atom stereocenters. The molecule has 0 bridgehead atoms. The molecule has 4 rings (SSSR count). The van der Waals surface area contributed by atoms with Gasteiger partial charge < -0.3 is 16.0 Å². The maximum absolute atomic E-state index is 14.3. The average Bonchev–Trinajstić information content (AvgIpc) is 3.51. The maximum atomic E-state index is 14.3. The normalized spacial score (nSPS) is 21.6. The number of alkyl halides is 1. The van der Waals surface area contributed by atoms with Crippen LogP contribution < -0.4 is 16.0 Å². The molecule has 2 fully saturated rings. The van der Waals surface area contributed by atoms with E-state index in [2.05, 4.69) is 10.3 Å². The summed E-state index contributed by atoms with van der Waals surface area (Å²) in [4.78, 5) is 18.7. The molecule has 3 N–H and O–H groups in total. The van der Waals surface area contributed by atoms with Crippen molar-refractivity contribution in [3.63, 3.8) is 0 Å². The molecule has 1 unspecified atom stereocenters. The summed E-state index contributed by atoms with van der Waals surface area (Å²) < 4.78 is 42.3. The zero-order valence-electron chi connectivity index (χ0n) is 16.9. The minimum absolute atomic E-state index is 0.0392. The number of nitrogens with two attached hydrogens (primary N) is 1. The Bertz CT molecular complexity index is 1040. The second-order valence-electron chi connectivity index (χ2n) is 8.20. The lowest BCUT2D eigenvalue weighted by atomic mass is 9.97. The van der Waals surface area contributed by atoms with Gasteiger partial charge >= 0.3 is 0 Å². The van der Waals surface area contributed by atoms with E-state index in [0.29, 0.717) is 12.0 Å². The molecule has 1 saturated carbocycles. The molecule has 1 aromatic carbocycles. The van der Waals surface area contributed by atoms with Gasteiger partial charge in [0.05, 0.1) is 23.8 Å². The van der Waals surface area contributed by atoms with Gasteiger partial charge in [-0.3, -0.25) is 4.79 Å². The lowest BCUT2D eigenvalue weighted by Crippen LogP contribution is -2.36. The number of rotatable bonds is 5. The monoisotopic (exact) mass is 429 g/mol. The molecule has 1 amide bonds. The number of halogens is 3. The summed E-state index contributed by atoms with van der Waals surface area (Å²) >= 11 is 0. The van der Waals surface area contributed by atoms with Crippen LogP contribution >= 0.6 is 0 Å². The van der Waals surface area contributed by atoms with Crippen LogP contribution in [0.5, 0.6) is 0 Å². The number of nitrogens with one attached hydrogen (secondary N) is 1. The smallest absolute Gasteiger partial charge is 0.255 e. The molecular formula is C22H22F3N5O. The number of amides is 1.